The van der Waals surface area contributed by atoms with Crippen LogP contribution in [0, 0.1) is 0 Å². The van der Waals surface area contributed by atoms with Crippen molar-refractivity contribution in [3.8, 4) is 0 Å². The Kier molecular flexibility index (Phi) is 3.06. The molecule has 6 nitrogen and oxygen atoms in total. The van der Waals surface area contributed by atoms with Crippen LogP contribution in [0.5, 0.6) is 0 Å². The van der Waals surface area contributed by atoms with E-state index in [0.717, 1.165) is 31.0 Å². The number of nitrogens with zero attached hydrogens (tertiary/aromatic N) is 4. The highest BCUT2D eigenvalue weighted by atomic mass is 32.1. The Morgan fingerprint density at radius 3 is 2.81 bits per heavy atom. The quantitative estimate of drug-likeness (QED) is 0.743. The van der Waals surface area contributed by atoms with Crippen molar-refractivity contribution >= 4 is 22.4 Å². The molecule has 88 valence electrons. The van der Waals surface area contributed by atoms with Crippen LogP contribution < -0.4 is 5.73 Å². The lowest BCUT2D eigenvalue weighted by atomic mass is 10.2. The first-order valence-corrected chi connectivity index (χ1v) is 5.98. The standard InChI is InChI=1S/C9H15N5OS/c1-6-5-14(4-3-13(6)2)8(15)7-11-12-9(10)16-7/h6H,3-5H2,1-2H3,(H2,10,12). The van der Waals surface area contributed by atoms with Crippen LogP contribution in [0.2, 0.25) is 0 Å². The third-order valence-electron chi connectivity index (χ3n) is 2.87. The fourth-order valence-electron chi connectivity index (χ4n) is 1.69. The van der Waals surface area contributed by atoms with Gasteiger partial charge in [0, 0.05) is 25.7 Å². The molecule has 1 amide bonds. The number of carbonyl (C=O) groups excluding carboxylic acids is 1. The fourth-order valence-corrected chi connectivity index (χ4v) is 2.27. The second-order valence-corrected chi connectivity index (χ2v) is 5.04. The van der Waals surface area contributed by atoms with E-state index in [1.165, 1.54) is 0 Å². The molecule has 0 saturated carbocycles. The number of hydrogen-bond acceptors (Lipinski definition) is 6. The Balaban J connectivity index is 2.06. The SMILES string of the molecule is CC1CN(C(=O)c2nnc(N)s2)CCN1C. The summed E-state index contributed by atoms with van der Waals surface area (Å²) in [5.41, 5.74) is 5.46. The summed E-state index contributed by atoms with van der Waals surface area (Å²) in [7, 11) is 2.06. The number of likely N-dealkylation sites (N-methyl/N-ethyl adjacent to an activating group) is 1. The van der Waals surface area contributed by atoms with Gasteiger partial charge in [-0.15, -0.1) is 10.2 Å². The predicted molar refractivity (Wildman–Crippen MR) is 62.3 cm³/mol. The number of nitrogens with two attached hydrogens (primary N) is 1. The maximum absolute atomic E-state index is 12.0. The van der Waals surface area contributed by atoms with E-state index in [-0.39, 0.29) is 5.91 Å². The summed E-state index contributed by atoms with van der Waals surface area (Å²) in [6.45, 7) is 4.46. The number of amides is 1. The largest absolute Gasteiger partial charge is 0.374 e. The van der Waals surface area contributed by atoms with E-state index < -0.39 is 0 Å². The van der Waals surface area contributed by atoms with Crippen LogP contribution in [0.25, 0.3) is 0 Å². The Hall–Kier alpha value is -1.21. The summed E-state index contributed by atoms with van der Waals surface area (Å²) >= 11 is 1.14. The molecule has 1 fully saturated rings. The average molecular weight is 241 g/mol. The molecule has 1 unspecified atom stereocenters. The van der Waals surface area contributed by atoms with Crippen molar-refractivity contribution in [2.24, 2.45) is 0 Å². The van der Waals surface area contributed by atoms with Crippen LogP contribution in [0.4, 0.5) is 5.13 Å². The molecule has 0 aromatic carbocycles. The summed E-state index contributed by atoms with van der Waals surface area (Å²) in [6.07, 6.45) is 0. The molecule has 1 aliphatic rings. The van der Waals surface area contributed by atoms with E-state index in [9.17, 15) is 4.79 Å². The number of aromatic nitrogens is 2. The van der Waals surface area contributed by atoms with E-state index in [1.54, 1.807) is 0 Å². The number of hydrogen-bond donors (Lipinski definition) is 1. The summed E-state index contributed by atoms with van der Waals surface area (Å²) < 4.78 is 0. The van der Waals surface area contributed by atoms with Gasteiger partial charge in [0.25, 0.3) is 5.91 Å². The first-order valence-electron chi connectivity index (χ1n) is 5.16. The number of carbonyl (C=O) groups is 1. The van der Waals surface area contributed by atoms with Gasteiger partial charge in [0.05, 0.1) is 0 Å². The summed E-state index contributed by atoms with van der Waals surface area (Å²) in [4.78, 5) is 16.1. The van der Waals surface area contributed by atoms with Crippen molar-refractivity contribution in [1.82, 2.24) is 20.0 Å². The topological polar surface area (TPSA) is 75.3 Å². The summed E-state index contributed by atoms with van der Waals surface area (Å²) in [5.74, 6) is -0.0610. The minimum atomic E-state index is -0.0610. The maximum Gasteiger partial charge on any atom is 0.285 e. The molecule has 0 bridgehead atoms. The van der Waals surface area contributed by atoms with Gasteiger partial charge in [0.15, 0.2) is 0 Å². The molecule has 1 aromatic rings. The zero-order chi connectivity index (χ0) is 11.7. The van der Waals surface area contributed by atoms with Gasteiger partial charge in [-0.25, -0.2) is 0 Å². The molecule has 2 heterocycles. The molecule has 2 N–H and O–H groups in total. The average Bonchev–Trinajstić information content (AvgIpc) is 2.68. The monoisotopic (exact) mass is 241 g/mol. The minimum absolute atomic E-state index is 0.0610. The van der Waals surface area contributed by atoms with Gasteiger partial charge in [-0.05, 0) is 14.0 Å². The molecule has 0 spiro atoms. The number of nitrogen functional groups attached to an aromatic ring is 1. The van der Waals surface area contributed by atoms with Crippen molar-refractivity contribution in [3.63, 3.8) is 0 Å². The molecule has 2 rings (SSSR count). The highest BCUT2D eigenvalue weighted by molar-refractivity contribution is 7.16. The second kappa shape index (κ2) is 4.34. The van der Waals surface area contributed by atoms with E-state index in [4.69, 9.17) is 5.73 Å². The van der Waals surface area contributed by atoms with Crippen LogP contribution in [0.1, 0.15) is 16.7 Å². The Labute approximate surface area is 98.0 Å². The Morgan fingerprint density at radius 2 is 2.25 bits per heavy atom. The van der Waals surface area contributed by atoms with E-state index in [2.05, 4.69) is 29.1 Å². The predicted octanol–water partition coefficient (Wildman–Crippen LogP) is -0.104. The first kappa shape index (κ1) is 11.3. The van der Waals surface area contributed by atoms with E-state index in [0.29, 0.717) is 16.2 Å². The van der Waals surface area contributed by atoms with Crippen molar-refractivity contribution in [2.75, 3.05) is 32.4 Å². The zero-order valence-electron chi connectivity index (χ0n) is 9.38. The van der Waals surface area contributed by atoms with Crippen LogP contribution >= 0.6 is 11.3 Å². The molecule has 1 aromatic heterocycles. The lowest BCUT2D eigenvalue weighted by Gasteiger charge is -2.37. The fraction of sp³-hybridized carbons (Fsp3) is 0.667. The smallest absolute Gasteiger partial charge is 0.285 e. The van der Waals surface area contributed by atoms with Gasteiger partial charge in [-0.2, -0.15) is 0 Å². The van der Waals surface area contributed by atoms with Gasteiger partial charge in [0.2, 0.25) is 10.1 Å². The highest BCUT2D eigenvalue weighted by Crippen LogP contribution is 2.16. The van der Waals surface area contributed by atoms with Crippen molar-refractivity contribution < 1.29 is 4.79 Å². The van der Waals surface area contributed by atoms with Crippen LogP contribution in [-0.4, -0.2) is 58.6 Å². The van der Waals surface area contributed by atoms with Crippen molar-refractivity contribution in [2.45, 2.75) is 13.0 Å². The van der Waals surface area contributed by atoms with Gasteiger partial charge >= 0.3 is 0 Å². The van der Waals surface area contributed by atoms with Crippen LogP contribution in [0.3, 0.4) is 0 Å². The highest BCUT2D eigenvalue weighted by Gasteiger charge is 2.26. The Bertz CT molecular complexity index is 393. The lowest BCUT2D eigenvalue weighted by molar-refractivity contribution is 0.0571. The number of rotatable bonds is 1. The van der Waals surface area contributed by atoms with E-state index in [1.807, 2.05) is 4.90 Å². The molecular weight excluding hydrogens is 226 g/mol. The maximum atomic E-state index is 12.0. The molecule has 1 aliphatic heterocycles. The molecule has 16 heavy (non-hydrogen) atoms. The zero-order valence-corrected chi connectivity index (χ0v) is 10.2. The molecule has 0 aliphatic carbocycles. The molecule has 1 atom stereocenters. The third kappa shape index (κ3) is 2.14. The third-order valence-corrected chi connectivity index (χ3v) is 3.61. The minimum Gasteiger partial charge on any atom is -0.374 e. The lowest BCUT2D eigenvalue weighted by Crippen LogP contribution is -2.52. The van der Waals surface area contributed by atoms with Crippen LogP contribution in [-0.2, 0) is 0 Å². The van der Waals surface area contributed by atoms with Gasteiger partial charge in [-0.1, -0.05) is 11.3 Å². The number of anilines is 1. The summed E-state index contributed by atoms with van der Waals surface area (Å²) in [6, 6.07) is 0.378. The first-order chi connectivity index (χ1) is 7.58. The van der Waals surface area contributed by atoms with Gasteiger partial charge in [0.1, 0.15) is 0 Å². The van der Waals surface area contributed by atoms with Gasteiger partial charge in [-0.3, -0.25) is 4.79 Å². The second-order valence-electron chi connectivity index (χ2n) is 4.03. The number of piperazine rings is 1. The summed E-state index contributed by atoms with van der Waals surface area (Å²) in [5, 5.41) is 8.15. The van der Waals surface area contributed by atoms with Crippen molar-refractivity contribution in [1.29, 1.82) is 0 Å². The molecular formula is C9H15N5OS. The van der Waals surface area contributed by atoms with Crippen LogP contribution in [0.15, 0.2) is 0 Å². The van der Waals surface area contributed by atoms with Gasteiger partial charge < -0.3 is 15.5 Å². The molecule has 0 radical (unpaired) electrons. The van der Waals surface area contributed by atoms with E-state index >= 15 is 0 Å². The van der Waals surface area contributed by atoms with Crippen molar-refractivity contribution in [3.05, 3.63) is 5.01 Å². The molecule has 7 heteroatoms. The molecule has 1 saturated heterocycles. The normalized spacial score (nSPS) is 22.4. The Morgan fingerprint density at radius 1 is 1.50 bits per heavy atom.